The summed E-state index contributed by atoms with van der Waals surface area (Å²) in [5.41, 5.74) is 2.90. The molecule has 1 N–H and O–H groups in total. The number of carbonyl (C=O) groups is 1. The zero-order valence-electron chi connectivity index (χ0n) is 20.8. The highest BCUT2D eigenvalue weighted by atomic mass is 32.2. The summed E-state index contributed by atoms with van der Waals surface area (Å²) in [5, 5.41) is 12.4. The van der Waals surface area contributed by atoms with Gasteiger partial charge in [-0.05, 0) is 54.8 Å². The predicted molar refractivity (Wildman–Crippen MR) is 143 cm³/mol. The SMILES string of the molecule is COc1cccc(OC(C)c2nnc(SCC(=O)Nc3ccc(C(C)C)cc3)n2-c2ccccc2)c1. The standard InChI is InChI=1S/C28H30N4O3S/c1-19(2)21-13-15-22(16-14-21)29-26(33)18-36-28-31-30-27(32(28)23-9-6-5-7-10-23)20(3)35-25-12-8-11-24(17-25)34-4/h5-17,19-20H,18H2,1-4H3,(H,29,33). The Morgan fingerprint density at radius 3 is 2.36 bits per heavy atom. The van der Waals surface area contributed by atoms with Gasteiger partial charge >= 0.3 is 0 Å². The van der Waals surface area contributed by atoms with Crippen LogP contribution in [-0.4, -0.2) is 33.5 Å². The van der Waals surface area contributed by atoms with Gasteiger partial charge in [0.25, 0.3) is 0 Å². The number of thioether (sulfide) groups is 1. The number of para-hydroxylation sites is 1. The minimum atomic E-state index is -0.396. The number of carbonyl (C=O) groups excluding carboxylic acids is 1. The van der Waals surface area contributed by atoms with Crippen molar-refractivity contribution >= 4 is 23.4 Å². The Morgan fingerprint density at radius 1 is 0.944 bits per heavy atom. The number of benzene rings is 3. The maximum atomic E-state index is 12.7. The van der Waals surface area contributed by atoms with Gasteiger partial charge in [-0.2, -0.15) is 0 Å². The number of aromatic nitrogens is 3. The van der Waals surface area contributed by atoms with Crippen LogP contribution in [0.2, 0.25) is 0 Å². The average molecular weight is 503 g/mol. The molecule has 7 nitrogen and oxygen atoms in total. The second-order valence-electron chi connectivity index (χ2n) is 8.56. The molecule has 0 saturated carbocycles. The molecule has 1 heterocycles. The van der Waals surface area contributed by atoms with Crippen LogP contribution in [0, 0.1) is 0 Å². The second kappa shape index (κ2) is 11.8. The first-order chi connectivity index (χ1) is 17.4. The van der Waals surface area contributed by atoms with E-state index in [0.29, 0.717) is 28.4 Å². The molecule has 0 aliphatic carbocycles. The van der Waals surface area contributed by atoms with Gasteiger partial charge in [-0.25, -0.2) is 0 Å². The molecule has 8 heteroatoms. The molecule has 0 saturated heterocycles. The minimum absolute atomic E-state index is 0.109. The van der Waals surface area contributed by atoms with E-state index in [2.05, 4.69) is 29.4 Å². The number of nitrogens with one attached hydrogen (secondary N) is 1. The molecule has 0 fully saturated rings. The molecule has 3 aromatic carbocycles. The molecule has 1 atom stereocenters. The van der Waals surface area contributed by atoms with E-state index in [-0.39, 0.29) is 11.7 Å². The first kappa shape index (κ1) is 25.3. The lowest BCUT2D eigenvalue weighted by Crippen LogP contribution is -2.15. The lowest BCUT2D eigenvalue weighted by molar-refractivity contribution is -0.113. The largest absolute Gasteiger partial charge is 0.497 e. The summed E-state index contributed by atoms with van der Waals surface area (Å²) in [6.07, 6.45) is -0.396. The highest BCUT2D eigenvalue weighted by molar-refractivity contribution is 7.99. The van der Waals surface area contributed by atoms with Crippen molar-refractivity contribution < 1.29 is 14.3 Å². The van der Waals surface area contributed by atoms with E-state index in [9.17, 15) is 4.79 Å². The first-order valence-electron chi connectivity index (χ1n) is 11.8. The molecule has 4 aromatic rings. The number of methoxy groups -OCH3 is 1. The molecular formula is C28H30N4O3S. The molecule has 0 aliphatic heterocycles. The topological polar surface area (TPSA) is 78.3 Å². The van der Waals surface area contributed by atoms with E-state index in [1.54, 1.807) is 7.11 Å². The van der Waals surface area contributed by atoms with Gasteiger partial charge in [-0.1, -0.05) is 62.0 Å². The van der Waals surface area contributed by atoms with Crippen LogP contribution in [0.15, 0.2) is 84.0 Å². The Labute approximate surface area is 215 Å². The van der Waals surface area contributed by atoms with Crippen LogP contribution in [0.25, 0.3) is 5.69 Å². The minimum Gasteiger partial charge on any atom is -0.497 e. The lowest BCUT2D eigenvalue weighted by Gasteiger charge is -2.17. The van der Waals surface area contributed by atoms with E-state index in [0.717, 1.165) is 11.4 Å². The molecule has 36 heavy (non-hydrogen) atoms. The van der Waals surface area contributed by atoms with E-state index in [1.807, 2.05) is 90.4 Å². The summed E-state index contributed by atoms with van der Waals surface area (Å²) in [6, 6.07) is 25.2. The maximum absolute atomic E-state index is 12.7. The number of anilines is 1. The summed E-state index contributed by atoms with van der Waals surface area (Å²) >= 11 is 1.33. The van der Waals surface area contributed by atoms with Gasteiger partial charge in [0.15, 0.2) is 17.1 Å². The highest BCUT2D eigenvalue weighted by Gasteiger charge is 2.22. The highest BCUT2D eigenvalue weighted by Crippen LogP contribution is 2.29. The Bertz CT molecular complexity index is 1290. The average Bonchev–Trinajstić information content (AvgIpc) is 3.32. The Morgan fingerprint density at radius 2 is 1.67 bits per heavy atom. The van der Waals surface area contributed by atoms with Gasteiger partial charge in [-0.3, -0.25) is 9.36 Å². The van der Waals surface area contributed by atoms with Gasteiger partial charge in [0.05, 0.1) is 12.9 Å². The van der Waals surface area contributed by atoms with E-state index in [1.165, 1.54) is 17.3 Å². The molecule has 4 rings (SSSR count). The van der Waals surface area contributed by atoms with Gasteiger partial charge in [0.2, 0.25) is 5.91 Å². The van der Waals surface area contributed by atoms with Gasteiger partial charge in [0.1, 0.15) is 11.5 Å². The van der Waals surface area contributed by atoms with E-state index < -0.39 is 6.10 Å². The normalized spacial score (nSPS) is 11.8. The van der Waals surface area contributed by atoms with Crippen molar-refractivity contribution in [2.45, 2.75) is 37.9 Å². The molecular weight excluding hydrogens is 472 g/mol. The number of hydrogen-bond acceptors (Lipinski definition) is 6. The third kappa shape index (κ3) is 6.26. The third-order valence-corrected chi connectivity index (χ3v) is 6.51. The van der Waals surface area contributed by atoms with Crippen molar-refractivity contribution in [3.05, 3.63) is 90.3 Å². The lowest BCUT2D eigenvalue weighted by atomic mass is 10.0. The van der Waals surface area contributed by atoms with Crippen LogP contribution in [0.3, 0.4) is 0 Å². The van der Waals surface area contributed by atoms with Crippen molar-refractivity contribution in [3.63, 3.8) is 0 Å². The van der Waals surface area contributed by atoms with Crippen LogP contribution < -0.4 is 14.8 Å². The molecule has 1 unspecified atom stereocenters. The molecule has 0 spiro atoms. The zero-order chi connectivity index (χ0) is 25.5. The zero-order valence-corrected chi connectivity index (χ0v) is 21.7. The molecule has 186 valence electrons. The Balaban J connectivity index is 1.50. The summed E-state index contributed by atoms with van der Waals surface area (Å²) in [7, 11) is 1.62. The fourth-order valence-electron chi connectivity index (χ4n) is 3.67. The Kier molecular flexibility index (Phi) is 8.28. The monoisotopic (exact) mass is 502 g/mol. The van der Waals surface area contributed by atoms with Crippen LogP contribution in [0.1, 0.15) is 44.2 Å². The fourth-order valence-corrected chi connectivity index (χ4v) is 4.43. The maximum Gasteiger partial charge on any atom is 0.234 e. The number of ether oxygens (including phenoxy) is 2. The van der Waals surface area contributed by atoms with Crippen LogP contribution >= 0.6 is 11.8 Å². The number of hydrogen-bond donors (Lipinski definition) is 1. The first-order valence-corrected chi connectivity index (χ1v) is 12.8. The van der Waals surface area contributed by atoms with E-state index in [4.69, 9.17) is 9.47 Å². The molecule has 0 bridgehead atoms. The summed E-state index contributed by atoms with van der Waals surface area (Å²) in [5.74, 6) is 2.55. The number of rotatable bonds is 10. The molecule has 0 radical (unpaired) electrons. The fraction of sp³-hybridized carbons (Fsp3) is 0.250. The van der Waals surface area contributed by atoms with Gasteiger partial charge < -0.3 is 14.8 Å². The van der Waals surface area contributed by atoms with Crippen molar-refractivity contribution in [3.8, 4) is 17.2 Å². The summed E-state index contributed by atoms with van der Waals surface area (Å²) in [6.45, 7) is 6.21. The van der Waals surface area contributed by atoms with Crippen molar-refractivity contribution in [1.29, 1.82) is 0 Å². The van der Waals surface area contributed by atoms with Crippen LogP contribution in [0.5, 0.6) is 11.5 Å². The second-order valence-corrected chi connectivity index (χ2v) is 9.51. The summed E-state index contributed by atoms with van der Waals surface area (Å²) < 4.78 is 13.4. The van der Waals surface area contributed by atoms with Crippen LogP contribution in [-0.2, 0) is 4.79 Å². The van der Waals surface area contributed by atoms with Gasteiger partial charge in [0, 0.05) is 17.4 Å². The van der Waals surface area contributed by atoms with E-state index >= 15 is 0 Å². The predicted octanol–water partition coefficient (Wildman–Crippen LogP) is 6.27. The molecule has 1 aromatic heterocycles. The van der Waals surface area contributed by atoms with Gasteiger partial charge in [-0.15, -0.1) is 10.2 Å². The Hall–Kier alpha value is -3.78. The smallest absolute Gasteiger partial charge is 0.234 e. The van der Waals surface area contributed by atoms with Crippen molar-refractivity contribution in [2.24, 2.45) is 0 Å². The molecule has 1 amide bonds. The third-order valence-electron chi connectivity index (χ3n) is 5.58. The number of amides is 1. The quantitative estimate of drug-likeness (QED) is 0.258. The number of nitrogens with zero attached hydrogens (tertiary/aromatic N) is 3. The van der Waals surface area contributed by atoms with Crippen molar-refractivity contribution in [1.82, 2.24) is 14.8 Å². The van der Waals surface area contributed by atoms with Crippen LogP contribution in [0.4, 0.5) is 5.69 Å². The summed E-state index contributed by atoms with van der Waals surface area (Å²) in [4.78, 5) is 12.7. The molecule has 0 aliphatic rings. The van der Waals surface area contributed by atoms with Crippen molar-refractivity contribution in [2.75, 3.05) is 18.2 Å².